The molecule has 1 aromatic rings. The summed E-state index contributed by atoms with van der Waals surface area (Å²) in [5.74, 6) is 0. The third-order valence-electron chi connectivity index (χ3n) is 3.23. The first kappa shape index (κ1) is 15.2. The van der Waals surface area contributed by atoms with Crippen molar-refractivity contribution in [2.75, 3.05) is 0 Å². The Morgan fingerprint density at radius 3 is 2.35 bits per heavy atom. The topological polar surface area (TPSA) is 0 Å². The fourth-order valence-corrected chi connectivity index (χ4v) is 4.16. The second kappa shape index (κ2) is 8.31. The molecule has 0 bridgehead atoms. The Bertz CT molecular complexity index is 317. The summed E-state index contributed by atoms with van der Waals surface area (Å²) in [6.07, 6.45) is 9.60. The van der Waals surface area contributed by atoms with E-state index in [1.807, 2.05) is 11.3 Å². The van der Waals surface area contributed by atoms with Crippen LogP contribution in [-0.4, -0.2) is 0 Å². The molecule has 1 heterocycles. The second-order valence-corrected chi connectivity index (χ2v) is 7.46. The van der Waals surface area contributed by atoms with Crippen LogP contribution < -0.4 is 0 Å². The minimum absolute atomic E-state index is 0.568. The van der Waals surface area contributed by atoms with E-state index in [4.69, 9.17) is 0 Å². The van der Waals surface area contributed by atoms with E-state index in [9.17, 15) is 0 Å². The normalized spacial score (nSPS) is 12.9. The summed E-state index contributed by atoms with van der Waals surface area (Å²) in [5.41, 5.74) is 1.51. The molecule has 0 saturated carbocycles. The molecule has 1 atom stereocenters. The molecule has 0 amide bonds. The van der Waals surface area contributed by atoms with Gasteiger partial charge in [0.05, 0.1) is 0 Å². The minimum Gasteiger partial charge on any atom is -0.146 e. The molecule has 0 aromatic carbocycles. The van der Waals surface area contributed by atoms with Gasteiger partial charge in [-0.25, -0.2) is 0 Å². The summed E-state index contributed by atoms with van der Waals surface area (Å²) in [6, 6.07) is 2.34. The third kappa shape index (κ3) is 5.56. The molecule has 0 aliphatic rings. The summed E-state index contributed by atoms with van der Waals surface area (Å²) in [7, 11) is 0. The monoisotopic (exact) mass is 316 g/mol. The van der Waals surface area contributed by atoms with Crippen LogP contribution in [0, 0.1) is 13.8 Å². The second-order valence-electron chi connectivity index (χ2n) is 4.89. The molecule has 0 radical (unpaired) electrons. The van der Waals surface area contributed by atoms with Crippen LogP contribution in [-0.2, 0) is 0 Å². The van der Waals surface area contributed by atoms with Crippen LogP contribution in [0.1, 0.15) is 72.0 Å². The zero-order chi connectivity index (χ0) is 12.7. The zero-order valence-electron chi connectivity index (χ0n) is 11.4. The Morgan fingerprint density at radius 2 is 1.76 bits per heavy atom. The van der Waals surface area contributed by atoms with Gasteiger partial charge in [-0.1, -0.05) is 61.4 Å². The van der Waals surface area contributed by atoms with Gasteiger partial charge in [0.25, 0.3) is 0 Å². The first-order valence-corrected chi connectivity index (χ1v) is 8.59. The lowest BCUT2D eigenvalue weighted by Gasteiger charge is -2.09. The molecule has 0 nitrogen and oxygen atoms in total. The van der Waals surface area contributed by atoms with E-state index in [-0.39, 0.29) is 0 Å². The third-order valence-corrected chi connectivity index (χ3v) is 5.16. The Morgan fingerprint density at radius 1 is 1.12 bits per heavy atom. The number of hydrogen-bond acceptors (Lipinski definition) is 1. The van der Waals surface area contributed by atoms with Gasteiger partial charge < -0.3 is 0 Å². The average molecular weight is 317 g/mol. The van der Waals surface area contributed by atoms with Gasteiger partial charge in [0.2, 0.25) is 0 Å². The van der Waals surface area contributed by atoms with E-state index in [1.165, 1.54) is 60.3 Å². The van der Waals surface area contributed by atoms with E-state index < -0.39 is 0 Å². The quantitative estimate of drug-likeness (QED) is 0.376. The Kier molecular flexibility index (Phi) is 7.45. The molecule has 0 saturated heterocycles. The number of halogens is 1. The van der Waals surface area contributed by atoms with Gasteiger partial charge in [0.15, 0.2) is 0 Å². The van der Waals surface area contributed by atoms with Crippen molar-refractivity contribution in [1.82, 2.24) is 0 Å². The fourth-order valence-electron chi connectivity index (χ4n) is 2.22. The van der Waals surface area contributed by atoms with Crippen LogP contribution in [0.5, 0.6) is 0 Å². The van der Waals surface area contributed by atoms with Crippen molar-refractivity contribution >= 4 is 27.3 Å². The average Bonchev–Trinajstić information content (AvgIpc) is 2.62. The van der Waals surface area contributed by atoms with Crippen LogP contribution in [0.2, 0.25) is 0 Å². The number of unbranched alkanes of at least 4 members (excludes halogenated alkanes) is 5. The number of aryl methyl sites for hydroxylation is 2. The summed E-state index contributed by atoms with van der Waals surface area (Å²) in [5, 5.41) is 0. The fraction of sp³-hybridized carbons (Fsp3) is 0.733. The Hall–Kier alpha value is 0.180. The SMILES string of the molecule is CCCCCCCCC(Br)c1cc(C)sc1C. The first-order chi connectivity index (χ1) is 8.15. The van der Waals surface area contributed by atoms with Gasteiger partial charge in [-0.2, -0.15) is 0 Å². The highest BCUT2D eigenvalue weighted by Gasteiger charge is 2.12. The van der Waals surface area contributed by atoms with Crippen LogP contribution in [0.3, 0.4) is 0 Å². The summed E-state index contributed by atoms with van der Waals surface area (Å²) in [4.78, 5) is 3.49. The summed E-state index contributed by atoms with van der Waals surface area (Å²) < 4.78 is 0. The van der Waals surface area contributed by atoms with E-state index in [1.54, 1.807) is 0 Å². The molecular weight excluding hydrogens is 292 g/mol. The highest BCUT2D eigenvalue weighted by atomic mass is 79.9. The molecule has 0 fully saturated rings. The van der Waals surface area contributed by atoms with E-state index >= 15 is 0 Å². The standard InChI is InChI=1S/C15H25BrS/c1-4-5-6-7-8-9-10-15(16)14-11-12(2)17-13(14)3/h11,15H,4-10H2,1-3H3. The van der Waals surface area contributed by atoms with Crippen molar-refractivity contribution in [1.29, 1.82) is 0 Å². The number of thiophene rings is 1. The van der Waals surface area contributed by atoms with Crippen molar-refractivity contribution in [3.05, 3.63) is 21.4 Å². The van der Waals surface area contributed by atoms with Gasteiger partial charge >= 0.3 is 0 Å². The van der Waals surface area contributed by atoms with Crippen molar-refractivity contribution < 1.29 is 0 Å². The molecule has 1 aromatic heterocycles. The van der Waals surface area contributed by atoms with Crippen LogP contribution in [0.25, 0.3) is 0 Å². The van der Waals surface area contributed by atoms with Gasteiger partial charge in [-0.3, -0.25) is 0 Å². The van der Waals surface area contributed by atoms with Crippen LogP contribution >= 0.6 is 27.3 Å². The lowest BCUT2D eigenvalue weighted by Crippen LogP contribution is -1.90. The predicted octanol–water partition coefficient (Wildman–Crippen LogP) is 6.55. The largest absolute Gasteiger partial charge is 0.146 e. The molecule has 0 N–H and O–H groups in total. The number of hydrogen-bond donors (Lipinski definition) is 0. The zero-order valence-corrected chi connectivity index (χ0v) is 13.8. The maximum absolute atomic E-state index is 3.84. The van der Waals surface area contributed by atoms with Crippen molar-refractivity contribution in [2.24, 2.45) is 0 Å². The molecule has 1 rings (SSSR count). The smallest absolute Gasteiger partial charge is 0.0406 e. The highest BCUT2D eigenvalue weighted by Crippen LogP contribution is 2.35. The van der Waals surface area contributed by atoms with Gasteiger partial charge in [0.1, 0.15) is 0 Å². The van der Waals surface area contributed by atoms with E-state index in [2.05, 4.69) is 42.8 Å². The molecule has 1 unspecified atom stereocenters. The Labute approximate surface area is 119 Å². The van der Waals surface area contributed by atoms with Crippen LogP contribution in [0.4, 0.5) is 0 Å². The van der Waals surface area contributed by atoms with Gasteiger partial charge in [-0.15, -0.1) is 11.3 Å². The molecule has 17 heavy (non-hydrogen) atoms. The number of rotatable bonds is 8. The molecule has 0 aliphatic carbocycles. The predicted molar refractivity (Wildman–Crippen MR) is 83.5 cm³/mol. The molecule has 98 valence electrons. The Balaban J connectivity index is 2.21. The minimum atomic E-state index is 0.568. The van der Waals surface area contributed by atoms with Crippen molar-refractivity contribution in [3.8, 4) is 0 Å². The van der Waals surface area contributed by atoms with Gasteiger partial charge in [-0.05, 0) is 31.9 Å². The molecule has 0 aliphatic heterocycles. The molecule has 0 spiro atoms. The summed E-state index contributed by atoms with van der Waals surface area (Å²) in [6.45, 7) is 6.71. The lowest BCUT2D eigenvalue weighted by molar-refractivity contribution is 0.588. The van der Waals surface area contributed by atoms with Gasteiger partial charge in [0, 0.05) is 14.6 Å². The maximum Gasteiger partial charge on any atom is 0.0406 e. The lowest BCUT2D eigenvalue weighted by atomic mass is 10.0. The van der Waals surface area contributed by atoms with E-state index in [0.29, 0.717) is 4.83 Å². The van der Waals surface area contributed by atoms with Crippen molar-refractivity contribution in [2.45, 2.75) is 70.5 Å². The van der Waals surface area contributed by atoms with E-state index in [0.717, 1.165) is 0 Å². The first-order valence-electron chi connectivity index (χ1n) is 6.86. The highest BCUT2D eigenvalue weighted by molar-refractivity contribution is 9.09. The molecular formula is C15H25BrS. The molecule has 2 heteroatoms. The van der Waals surface area contributed by atoms with Crippen LogP contribution in [0.15, 0.2) is 6.07 Å². The summed E-state index contributed by atoms with van der Waals surface area (Å²) >= 11 is 5.76. The maximum atomic E-state index is 3.84. The number of alkyl halides is 1. The van der Waals surface area contributed by atoms with Crippen molar-refractivity contribution in [3.63, 3.8) is 0 Å².